The number of rotatable bonds is 4. The SMILES string of the molecule is CCOC(=O)CN=C(NC(=S)N1CCOCC1)c1ccc(Cl)cc1. The maximum atomic E-state index is 11.6. The molecule has 0 amide bonds. The van der Waals surface area contributed by atoms with Gasteiger partial charge in [-0.3, -0.25) is 9.79 Å². The first-order valence-corrected chi connectivity index (χ1v) is 8.48. The minimum Gasteiger partial charge on any atom is -0.465 e. The summed E-state index contributed by atoms with van der Waals surface area (Å²) < 4.78 is 10.2. The molecule has 1 aromatic carbocycles. The van der Waals surface area contributed by atoms with Gasteiger partial charge in [0.05, 0.1) is 19.8 Å². The highest BCUT2D eigenvalue weighted by Crippen LogP contribution is 2.10. The maximum absolute atomic E-state index is 11.6. The van der Waals surface area contributed by atoms with Crippen LogP contribution in [0.15, 0.2) is 29.3 Å². The standard InChI is InChI=1S/C16H20ClN3O3S/c1-2-23-14(21)11-18-15(12-3-5-13(17)6-4-12)19-16(24)20-7-9-22-10-8-20/h3-6H,2,7-11H2,1H3,(H,18,19,24). The van der Waals surface area contributed by atoms with Gasteiger partial charge in [-0.1, -0.05) is 11.6 Å². The van der Waals surface area contributed by atoms with Gasteiger partial charge in [0.1, 0.15) is 12.4 Å². The Labute approximate surface area is 151 Å². The van der Waals surface area contributed by atoms with Gasteiger partial charge in [0.2, 0.25) is 0 Å². The summed E-state index contributed by atoms with van der Waals surface area (Å²) in [4.78, 5) is 17.9. The Kier molecular flexibility index (Phi) is 7.42. The summed E-state index contributed by atoms with van der Waals surface area (Å²) in [5, 5.41) is 4.30. The number of nitrogens with zero attached hydrogens (tertiary/aromatic N) is 2. The molecule has 1 N–H and O–H groups in total. The Morgan fingerprint density at radius 3 is 2.67 bits per heavy atom. The Morgan fingerprint density at radius 2 is 2.04 bits per heavy atom. The van der Waals surface area contributed by atoms with E-state index < -0.39 is 0 Å². The first kappa shape index (κ1) is 18.6. The van der Waals surface area contributed by atoms with Crippen LogP contribution in [0.25, 0.3) is 0 Å². The minimum absolute atomic E-state index is 0.0788. The van der Waals surface area contributed by atoms with Gasteiger partial charge in [-0.15, -0.1) is 0 Å². The van der Waals surface area contributed by atoms with Crippen molar-refractivity contribution in [2.75, 3.05) is 39.5 Å². The third-order valence-electron chi connectivity index (χ3n) is 3.31. The van der Waals surface area contributed by atoms with Crippen molar-refractivity contribution < 1.29 is 14.3 Å². The predicted octanol–water partition coefficient (Wildman–Crippen LogP) is 1.86. The molecule has 0 aliphatic carbocycles. The molecule has 1 fully saturated rings. The van der Waals surface area contributed by atoms with Crippen LogP contribution in [0, 0.1) is 0 Å². The van der Waals surface area contributed by atoms with Crippen molar-refractivity contribution in [2.24, 2.45) is 4.99 Å². The van der Waals surface area contributed by atoms with Crippen molar-refractivity contribution >= 4 is 40.7 Å². The van der Waals surface area contributed by atoms with E-state index in [1.165, 1.54) is 0 Å². The summed E-state index contributed by atoms with van der Waals surface area (Å²) >= 11 is 11.4. The number of ether oxygens (including phenoxy) is 2. The average molecular weight is 370 g/mol. The van der Waals surface area contributed by atoms with Gasteiger partial charge >= 0.3 is 5.97 Å². The van der Waals surface area contributed by atoms with Gasteiger partial charge in [0, 0.05) is 23.7 Å². The number of morpholine rings is 1. The maximum Gasteiger partial charge on any atom is 0.327 e. The van der Waals surface area contributed by atoms with Crippen molar-refractivity contribution in [3.63, 3.8) is 0 Å². The molecule has 0 unspecified atom stereocenters. The van der Waals surface area contributed by atoms with Gasteiger partial charge in [-0.25, -0.2) is 0 Å². The topological polar surface area (TPSA) is 63.2 Å². The molecule has 2 rings (SSSR count). The second kappa shape index (κ2) is 9.56. The summed E-state index contributed by atoms with van der Waals surface area (Å²) in [6.45, 7) is 4.72. The molecule has 0 bridgehead atoms. The molecule has 1 heterocycles. The molecule has 0 spiro atoms. The zero-order chi connectivity index (χ0) is 17.4. The number of nitrogens with one attached hydrogen (secondary N) is 1. The first-order valence-electron chi connectivity index (χ1n) is 7.70. The van der Waals surface area contributed by atoms with Crippen LogP contribution >= 0.6 is 23.8 Å². The molecule has 0 radical (unpaired) electrons. The Morgan fingerprint density at radius 1 is 1.38 bits per heavy atom. The zero-order valence-electron chi connectivity index (χ0n) is 13.5. The number of amidine groups is 1. The number of thiocarbonyl (C=S) groups is 1. The van der Waals surface area contributed by atoms with E-state index >= 15 is 0 Å². The highest BCUT2D eigenvalue weighted by molar-refractivity contribution is 7.80. The van der Waals surface area contributed by atoms with E-state index in [-0.39, 0.29) is 12.5 Å². The number of carbonyl (C=O) groups excluding carboxylic acids is 1. The largest absolute Gasteiger partial charge is 0.465 e. The Hall–Kier alpha value is -1.70. The lowest BCUT2D eigenvalue weighted by molar-refractivity contribution is -0.141. The zero-order valence-corrected chi connectivity index (χ0v) is 15.0. The first-order chi connectivity index (χ1) is 11.6. The molecule has 8 heteroatoms. The fourth-order valence-electron chi connectivity index (χ4n) is 2.11. The van der Waals surface area contributed by atoms with Crippen molar-refractivity contribution in [1.82, 2.24) is 10.2 Å². The van der Waals surface area contributed by atoms with Crippen LogP contribution < -0.4 is 5.32 Å². The number of hydrogen-bond donors (Lipinski definition) is 1. The molecule has 130 valence electrons. The Bertz CT molecular complexity index is 601. The van der Waals surface area contributed by atoms with Crippen molar-refractivity contribution in [1.29, 1.82) is 0 Å². The van der Waals surface area contributed by atoms with Crippen LogP contribution in [0.5, 0.6) is 0 Å². The summed E-state index contributed by atoms with van der Waals surface area (Å²) in [5.74, 6) is 0.124. The van der Waals surface area contributed by atoms with Gasteiger partial charge in [-0.2, -0.15) is 0 Å². The monoisotopic (exact) mass is 369 g/mol. The highest BCUT2D eigenvalue weighted by Gasteiger charge is 2.16. The van der Waals surface area contributed by atoms with E-state index in [2.05, 4.69) is 10.3 Å². The van der Waals surface area contributed by atoms with Crippen molar-refractivity contribution in [2.45, 2.75) is 6.92 Å². The summed E-state index contributed by atoms with van der Waals surface area (Å²) in [6.07, 6.45) is 0. The van der Waals surface area contributed by atoms with Crippen LogP contribution in [0.1, 0.15) is 12.5 Å². The predicted molar refractivity (Wildman–Crippen MR) is 97.6 cm³/mol. The van der Waals surface area contributed by atoms with Crippen LogP contribution in [0.3, 0.4) is 0 Å². The van der Waals surface area contributed by atoms with E-state index in [1.807, 2.05) is 17.0 Å². The second-order valence-electron chi connectivity index (χ2n) is 5.01. The quantitative estimate of drug-likeness (QED) is 0.378. The molecule has 1 aromatic rings. The summed E-state index contributed by atoms with van der Waals surface area (Å²) in [5.41, 5.74) is 0.791. The normalized spacial score (nSPS) is 15.1. The molecule has 1 aliphatic rings. The Balaban J connectivity index is 2.12. The van der Waals surface area contributed by atoms with Crippen LogP contribution in [-0.2, 0) is 14.3 Å². The molecule has 24 heavy (non-hydrogen) atoms. The molecule has 0 aromatic heterocycles. The molecular weight excluding hydrogens is 350 g/mol. The lowest BCUT2D eigenvalue weighted by atomic mass is 10.2. The number of benzene rings is 1. The minimum atomic E-state index is -0.386. The third-order valence-corrected chi connectivity index (χ3v) is 3.93. The summed E-state index contributed by atoms with van der Waals surface area (Å²) in [7, 11) is 0. The molecule has 0 saturated carbocycles. The number of esters is 1. The fourth-order valence-corrected chi connectivity index (χ4v) is 2.51. The van der Waals surface area contributed by atoms with Gasteiger partial charge in [0.25, 0.3) is 0 Å². The number of halogens is 1. The van der Waals surface area contributed by atoms with Gasteiger partial charge in [0.15, 0.2) is 5.11 Å². The van der Waals surface area contributed by atoms with Crippen LogP contribution in [-0.4, -0.2) is 61.3 Å². The lowest BCUT2D eigenvalue weighted by Gasteiger charge is -2.29. The van der Waals surface area contributed by atoms with E-state index in [9.17, 15) is 4.79 Å². The van der Waals surface area contributed by atoms with Crippen molar-refractivity contribution in [3.05, 3.63) is 34.9 Å². The fraction of sp³-hybridized carbons (Fsp3) is 0.438. The second-order valence-corrected chi connectivity index (χ2v) is 5.83. The number of aliphatic imine (C=N–C) groups is 1. The van der Waals surface area contributed by atoms with E-state index in [0.29, 0.717) is 35.8 Å². The lowest BCUT2D eigenvalue weighted by Crippen LogP contribution is -2.48. The third kappa shape index (κ3) is 5.74. The van der Waals surface area contributed by atoms with E-state index in [4.69, 9.17) is 33.3 Å². The van der Waals surface area contributed by atoms with Crippen LogP contribution in [0.2, 0.25) is 5.02 Å². The van der Waals surface area contributed by atoms with Gasteiger partial charge in [-0.05, 0) is 43.4 Å². The molecule has 1 saturated heterocycles. The highest BCUT2D eigenvalue weighted by atomic mass is 35.5. The van der Waals surface area contributed by atoms with E-state index in [1.54, 1.807) is 19.1 Å². The van der Waals surface area contributed by atoms with E-state index in [0.717, 1.165) is 18.7 Å². The average Bonchev–Trinajstić information content (AvgIpc) is 2.60. The number of carbonyl (C=O) groups is 1. The van der Waals surface area contributed by atoms with Crippen molar-refractivity contribution in [3.8, 4) is 0 Å². The molecular formula is C16H20ClN3O3S. The molecule has 0 atom stereocenters. The van der Waals surface area contributed by atoms with Gasteiger partial charge < -0.3 is 19.7 Å². The van der Waals surface area contributed by atoms with Crippen LogP contribution in [0.4, 0.5) is 0 Å². The summed E-state index contributed by atoms with van der Waals surface area (Å²) in [6, 6.07) is 7.16. The molecule has 6 nitrogen and oxygen atoms in total. The number of hydrogen-bond acceptors (Lipinski definition) is 5. The smallest absolute Gasteiger partial charge is 0.327 e. The molecule has 1 aliphatic heterocycles.